The maximum Gasteiger partial charge on any atom is 0.124 e. The van der Waals surface area contributed by atoms with Crippen molar-refractivity contribution >= 4 is 15.9 Å². The van der Waals surface area contributed by atoms with Gasteiger partial charge in [0.05, 0.1) is 12.1 Å². The molecule has 2 unspecified atom stereocenters. The number of halogens is 2. The quantitative estimate of drug-likeness (QED) is 0.626. The molecule has 0 aliphatic rings. The van der Waals surface area contributed by atoms with E-state index in [9.17, 15) is 4.39 Å². The number of rotatable bonds is 6. The van der Waals surface area contributed by atoms with E-state index in [0.717, 1.165) is 10.0 Å². The van der Waals surface area contributed by atoms with Gasteiger partial charge in [0, 0.05) is 11.6 Å². The average molecular weight is 319 g/mol. The van der Waals surface area contributed by atoms with E-state index in [4.69, 9.17) is 10.6 Å². The van der Waals surface area contributed by atoms with E-state index in [1.54, 1.807) is 7.11 Å². The molecule has 0 spiro atoms. The standard InChI is InChI=1S/C13H20BrFN2O/c1-8(2)13(18-3)12(17-16)6-9-4-10(14)7-11(15)5-9/h4-5,7-8,12-13,17H,6,16H2,1-3H3. The second kappa shape index (κ2) is 7.19. The van der Waals surface area contributed by atoms with Crippen LogP contribution in [0.25, 0.3) is 0 Å². The molecule has 1 rings (SSSR count). The minimum atomic E-state index is -0.256. The number of nitrogens with two attached hydrogens (primary N) is 1. The summed E-state index contributed by atoms with van der Waals surface area (Å²) in [6.07, 6.45) is 0.598. The van der Waals surface area contributed by atoms with Crippen LogP contribution in [0.4, 0.5) is 4.39 Å². The summed E-state index contributed by atoms with van der Waals surface area (Å²) in [5.41, 5.74) is 3.64. The van der Waals surface area contributed by atoms with Crippen molar-refractivity contribution in [2.75, 3.05) is 7.11 Å². The van der Waals surface area contributed by atoms with Gasteiger partial charge in [-0.15, -0.1) is 0 Å². The Morgan fingerprint density at radius 3 is 2.50 bits per heavy atom. The van der Waals surface area contributed by atoms with E-state index in [1.165, 1.54) is 12.1 Å². The third-order valence-electron chi connectivity index (χ3n) is 2.92. The van der Waals surface area contributed by atoms with Crippen LogP contribution < -0.4 is 11.3 Å². The summed E-state index contributed by atoms with van der Waals surface area (Å²) in [5.74, 6) is 5.65. The zero-order chi connectivity index (χ0) is 13.7. The Morgan fingerprint density at radius 2 is 2.06 bits per heavy atom. The second-order valence-electron chi connectivity index (χ2n) is 4.70. The van der Waals surface area contributed by atoms with E-state index in [0.29, 0.717) is 12.3 Å². The molecule has 5 heteroatoms. The molecular weight excluding hydrogens is 299 g/mol. The van der Waals surface area contributed by atoms with Crippen molar-refractivity contribution in [1.82, 2.24) is 5.43 Å². The molecule has 0 amide bonds. The molecule has 3 N–H and O–H groups in total. The topological polar surface area (TPSA) is 47.3 Å². The Kier molecular flexibility index (Phi) is 6.21. The summed E-state index contributed by atoms with van der Waals surface area (Å²) in [6, 6.07) is 4.79. The lowest BCUT2D eigenvalue weighted by molar-refractivity contribution is 0.0332. The summed E-state index contributed by atoms with van der Waals surface area (Å²) >= 11 is 3.28. The Hall–Kier alpha value is -0.490. The first kappa shape index (κ1) is 15.6. The lowest BCUT2D eigenvalue weighted by atomic mass is 9.94. The first-order valence-corrected chi connectivity index (χ1v) is 6.71. The summed E-state index contributed by atoms with van der Waals surface area (Å²) in [5, 5.41) is 0. The molecule has 2 atom stereocenters. The molecule has 0 aliphatic heterocycles. The van der Waals surface area contributed by atoms with Crippen LogP contribution in [-0.2, 0) is 11.2 Å². The van der Waals surface area contributed by atoms with Crippen LogP contribution in [0, 0.1) is 11.7 Å². The molecule has 0 aromatic heterocycles. The van der Waals surface area contributed by atoms with Gasteiger partial charge in [-0.1, -0.05) is 29.8 Å². The summed E-state index contributed by atoms with van der Waals surface area (Å²) in [4.78, 5) is 0. The average Bonchev–Trinajstić information content (AvgIpc) is 2.26. The number of ether oxygens (including phenoxy) is 1. The number of hydrogen-bond donors (Lipinski definition) is 2. The zero-order valence-electron chi connectivity index (χ0n) is 10.9. The van der Waals surface area contributed by atoms with Gasteiger partial charge >= 0.3 is 0 Å². The molecule has 102 valence electrons. The molecule has 0 saturated heterocycles. The zero-order valence-corrected chi connectivity index (χ0v) is 12.5. The minimum Gasteiger partial charge on any atom is -0.380 e. The predicted molar refractivity (Wildman–Crippen MR) is 74.6 cm³/mol. The monoisotopic (exact) mass is 318 g/mol. The highest BCUT2D eigenvalue weighted by atomic mass is 79.9. The molecule has 0 fully saturated rings. The van der Waals surface area contributed by atoms with Gasteiger partial charge in [-0.2, -0.15) is 0 Å². The maximum absolute atomic E-state index is 13.3. The van der Waals surface area contributed by atoms with Gasteiger partial charge in [0.1, 0.15) is 5.82 Å². The molecule has 1 aromatic rings. The van der Waals surface area contributed by atoms with Crippen LogP contribution in [0.5, 0.6) is 0 Å². The third kappa shape index (κ3) is 4.31. The van der Waals surface area contributed by atoms with Crippen LogP contribution in [0.1, 0.15) is 19.4 Å². The molecule has 0 heterocycles. The van der Waals surface area contributed by atoms with Crippen molar-refractivity contribution in [2.45, 2.75) is 32.4 Å². The molecule has 0 radical (unpaired) electrons. The van der Waals surface area contributed by atoms with Crippen LogP contribution in [0.2, 0.25) is 0 Å². The molecule has 0 aliphatic carbocycles. The Morgan fingerprint density at radius 1 is 1.39 bits per heavy atom. The Balaban J connectivity index is 2.84. The van der Waals surface area contributed by atoms with Crippen molar-refractivity contribution in [2.24, 2.45) is 11.8 Å². The Bertz CT molecular complexity index is 367. The highest BCUT2D eigenvalue weighted by Crippen LogP contribution is 2.19. The fourth-order valence-corrected chi connectivity index (χ4v) is 2.67. The highest BCUT2D eigenvalue weighted by molar-refractivity contribution is 9.10. The van der Waals surface area contributed by atoms with E-state index in [-0.39, 0.29) is 18.0 Å². The van der Waals surface area contributed by atoms with Gasteiger partial charge in [-0.25, -0.2) is 4.39 Å². The van der Waals surface area contributed by atoms with Gasteiger partial charge in [-0.3, -0.25) is 11.3 Å². The lowest BCUT2D eigenvalue weighted by Crippen LogP contribution is -2.48. The maximum atomic E-state index is 13.3. The number of hydrogen-bond acceptors (Lipinski definition) is 3. The SMILES string of the molecule is COC(C(C)C)C(Cc1cc(F)cc(Br)c1)NN. The number of nitrogens with one attached hydrogen (secondary N) is 1. The first-order chi connectivity index (χ1) is 8.47. The third-order valence-corrected chi connectivity index (χ3v) is 3.38. The van der Waals surface area contributed by atoms with Gasteiger partial charge in [0.25, 0.3) is 0 Å². The van der Waals surface area contributed by atoms with Crippen molar-refractivity contribution in [1.29, 1.82) is 0 Å². The van der Waals surface area contributed by atoms with E-state index >= 15 is 0 Å². The second-order valence-corrected chi connectivity index (χ2v) is 5.61. The largest absolute Gasteiger partial charge is 0.380 e. The first-order valence-electron chi connectivity index (χ1n) is 5.91. The fourth-order valence-electron chi connectivity index (χ4n) is 2.15. The molecule has 0 saturated carbocycles. The lowest BCUT2D eigenvalue weighted by Gasteiger charge is -2.28. The minimum absolute atomic E-state index is 0.0166. The number of methoxy groups -OCH3 is 1. The van der Waals surface area contributed by atoms with Crippen LogP contribution in [0.3, 0.4) is 0 Å². The van der Waals surface area contributed by atoms with Crippen molar-refractivity contribution in [3.63, 3.8) is 0 Å². The normalized spacial score (nSPS) is 14.8. The summed E-state index contributed by atoms with van der Waals surface area (Å²) in [6.45, 7) is 4.14. The van der Waals surface area contributed by atoms with E-state index < -0.39 is 0 Å². The molecule has 3 nitrogen and oxygen atoms in total. The predicted octanol–water partition coefficient (Wildman–Crippen LogP) is 2.63. The number of hydrazine groups is 1. The summed E-state index contributed by atoms with van der Waals surface area (Å²) < 4.78 is 19.5. The van der Waals surface area contributed by atoms with Gasteiger partial charge < -0.3 is 4.74 Å². The van der Waals surface area contributed by atoms with Crippen molar-refractivity contribution < 1.29 is 9.13 Å². The fraction of sp³-hybridized carbons (Fsp3) is 0.538. The highest BCUT2D eigenvalue weighted by Gasteiger charge is 2.23. The van der Waals surface area contributed by atoms with Crippen molar-refractivity contribution in [3.05, 3.63) is 34.1 Å². The van der Waals surface area contributed by atoms with E-state index in [1.807, 2.05) is 6.07 Å². The molecule has 0 bridgehead atoms. The van der Waals surface area contributed by atoms with Crippen molar-refractivity contribution in [3.8, 4) is 0 Å². The Labute approximate surface area is 116 Å². The summed E-state index contributed by atoms with van der Waals surface area (Å²) in [7, 11) is 1.66. The number of benzene rings is 1. The smallest absolute Gasteiger partial charge is 0.124 e. The van der Waals surface area contributed by atoms with Gasteiger partial charge in [0.15, 0.2) is 0 Å². The van der Waals surface area contributed by atoms with Crippen LogP contribution in [-0.4, -0.2) is 19.3 Å². The molecule has 1 aromatic carbocycles. The molecular formula is C13H20BrFN2O. The van der Waals surface area contributed by atoms with E-state index in [2.05, 4.69) is 35.2 Å². The van der Waals surface area contributed by atoms with Gasteiger partial charge in [0.2, 0.25) is 0 Å². The van der Waals surface area contributed by atoms with Crippen LogP contribution >= 0.6 is 15.9 Å². The van der Waals surface area contributed by atoms with Crippen LogP contribution in [0.15, 0.2) is 22.7 Å². The van der Waals surface area contributed by atoms with Gasteiger partial charge in [-0.05, 0) is 36.1 Å². The molecule has 18 heavy (non-hydrogen) atoms.